The monoisotopic (exact) mass is 664 g/mol. The topological polar surface area (TPSA) is 79.1 Å². The lowest BCUT2D eigenvalue weighted by Crippen LogP contribution is -2.39. The molecule has 9 heteroatoms. The first kappa shape index (κ1) is 26.5. The molecular weight excluding hydrogens is 639 g/mol. The molecule has 6 rings (SSSR count). The molecular formula is C31H25IN2O5S. The van der Waals surface area contributed by atoms with Crippen molar-refractivity contribution in [3.63, 3.8) is 0 Å². The average molecular weight is 665 g/mol. The molecule has 7 nitrogen and oxygen atoms in total. The van der Waals surface area contributed by atoms with Crippen molar-refractivity contribution in [1.29, 1.82) is 0 Å². The number of carbonyl (C=O) groups is 1. The number of hydrogen-bond acceptors (Lipinski definition) is 7. The van der Waals surface area contributed by atoms with Gasteiger partial charge in [0, 0.05) is 18.1 Å². The normalized spacial score (nSPS) is 16.0. The Morgan fingerprint density at radius 3 is 2.58 bits per heavy atom. The van der Waals surface area contributed by atoms with Crippen LogP contribution in [-0.2, 0) is 11.2 Å². The van der Waals surface area contributed by atoms with E-state index in [1.54, 1.807) is 17.7 Å². The molecule has 4 aromatic rings. The zero-order chi connectivity index (χ0) is 28.0. The van der Waals surface area contributed by atoms with Crippen LogP contribution in [0, 0.1) is 3.57 Å². The van der Waals surface area contributed by atoms with E-state index >= 15 is 0 Å². The van der Waals surface area contributed by atoms with Gasteiger partial charge >= 0.3 is 5.97 Å². The quantitative estimate of drug-likeness (QED) is 0.173. The molecule has 0 amide bonds. The number of aryl methyl sites for hydroxylation is 1. The third-order valence-corrected chi connectivity index (χ3v) is 8.89. The van der Waals surface area contributed by atoms with E-state index in [4.69, 9.17) is 19.2 Å². The van der Waals surface area contributed by atoms with Crippen LogP contribution < -0.4 is 29.1 Å². The molecule has 0 radical (unpaired) electrons. The number of fused-ring (bicyclic) bond motifs is 3. The van der Waals surface area contributed by atoms with E-state index < -0.39 is 5.97 Å². The number of hydrogen-bond donors (Lipinski definition) is 0. The lowest BCUT2D eigenvalue weighted by Gasteiger charge is -2.31. The summed E-state index contributed by atoms with van der Waals surface area (Å²) in [6.45, 7) is 1.35. The molecule has 0 fully saturated rings. The van der Waals surface area contributed by atoms with E-state index in [1.807, 2.05) is 42.5 Å². The number of thiazole rings is 1. The molecule has 1 aromatic heterocycles. The average Bonchev–Trinajstić information content (AvgIpc) is 3.27. The number of esters is 1. The van der Waals surface area contributed by atoms with Crippen molar-refractivity contribution in [2.45, 2.75) is 25.8 Å². The van der Waals surface area contributed by atoms with Crippen LogP contribution in [0.15, 0.2) is 76.0 Å². The van der Waals surface area contributed by atoms with Crippen molar-refractivity contribution in [3.8, 4) is 17.2 Å². The van der Waals surface area contributed by atoms with Gasteiger partial charge in [0.25, 0.3) is 5.56 Å². The van der Waals surface area contributed by atoms with E-state index in [2.05, 4.69) is 40.8 Å². The molecule has 1 atom stereocenters. The predicted octanol–water partition coefficient (Wildman–Crippen LogP) is 4.87. The summed E-state index contributed by atoms with van der Waals surface area (Å²) < 4.78 is 19.6. The van der Waals surface area contributed by atoms with E-state index in [0.717, 1.165) is 46.6 Å². The summed E-state index contributed by atoms with van der Waals surface area (Å²) in [7, 11) is 3.17. The van der Waals surface area contributed by atoms with Crippen molar-refractivity contribution < 1.29 is 19.0 Å². The van der Waals surface area contributed by atoms with Crippen LogP contribution in [-0.4, -0.2) is 24.8 Å². The highest BCUT2D eigenvalue weighted by Gasteiger charge is 2.34. The molecule has 0 saturated heterocycles. The summed E-state index contributed by atoms with van der Waals surface area (Å²) in [5.74, 6) is 1.08. The molecule has 0 N–H and O–H groups in total. The van der Waals surface area contributed by atoms with E-state index in [-0.39, 0.29) is 11.6 Å². The summed E-state index contributed by atoms with van der Waals surface area (Å²) in [5.41, 5.74) is 5.99. The third kappa shape index (κ3) is 4.56. The maximum atomic E-state index is 14.1. The van der Waals surface area contributed by atoms with Crippen LogP contribution in [0.1, 0.15) is 41.6 Å². The van der Waals surface area contributed by atoms with Crippen molar-refractivity contribution in [3.05, 3.63) is 112 Å². The van der Waals surface area contributed by atoms with Gasteiger partial charge in [-0.2, -0.15) is 0 Å². The van der Waals surface area contributed by atoms with Gasteiger partial charge in [0.1, 0.15) is 5.75 Å². The van der Waals surface area contributed by atoms with E-state index in [1.165, 1.54) is 30.9 Å². The van der Waals surface area contributed by atoms with Gasteiger partial charge in [0.2, 0.25) is 0 Å². The maximum absolute atomic E-state index is 14.1. The number of para-hydroxylation sites is 1. The Labute approximate surface area is 248 Å². The lowest BCUT2D eigenvalue weighted by molar-refractivity contribution is -0.132. The van der Waals surface area contributed by atoms with Crippen LogP contribution in [0.2, 0.25) is 0 Å². The smallest absolute Gasteiger partial charge is 0.308 e. The predicted molar refractivity (Wildman–Crippen MR) is 163 cm³/mol. The summed E-state index contributed by atoms with van der Waals surface area (Å²) in [4.78, 5) is 31.4. The standard InChI is InChI=1S/C31H25IN2O5S/c1-17(35)39-29-23(32)14-18(15-25(29)38-3)16-26-30(36)34-28(21-10-6-7-11-24(21)37-2)22-13-12-19-8-4-5-9-20(19)27(22)33-31(34)40-26/h4-11,14-16,28H,12-13H2,1-3H3/b26-16+/t28-/m1/s1. The highest BCUT2D eigenvalue weighted by molar-refractivity contribution is 14.1. The fourth-order valence-electron chi connectivity index (χ4n) is 5.41. The van der Waals surface area contributed by atoms with Gasteiger partial charge in [-0.05, 0) is 76.4 Å². The second kappa shape index (κ2) is 10.7. The minimum absolute atomic E-state index is 0.122. The Hall–Kier alpha value is -3.70. The van der Waals surface area contributed by atoms with Crippen LogP contribution in [0.5, 0.6) is 17.2 Å². The Morgan fingerprint density at radius 2 is 1.80 bits per heavy atom. The number of allylic oxidation sites excluding steroid dienone is 1. The van der Waals surface area contributed by atoms with Crippen LogP contribution >= 0.6 is 33.9 Å². The van der Waals surface area contributed by atoms with E-state index in [9.17, 15) is 9.59 Å². The molecule has 0 spiro atoms. The molecule has 202 valence electrons. The number of halogens is 1. The largest absolute Gasteiger partial charge is 0.496 e. The van der Waals surface area contributed by atoms with Crippen molar-refractivity contribution >= 4 is 51.7 Å². The zero-order valence-corrected chi connectivity index (χ0v) is 25.0. The molecule has 0 saturated carbocycles. The lowest BCUT2D eigenvalue weighted by atomic mass is 9.83. The molecule has 3 aromatic carbocycles. The fraction of sp³-hybridized carbons (Fsp3) is 0.194. The number of nitrogens with zero attached hydrogens (tertiary/aromatic N) is 2. The molecule has 40 heavy (non-hydrogen) atoms. The van der Waals surface area contributed by atoms with Crippen molar-refractivity contribution in [1.82, 2.24) is 4.57 Å². The van der Waals surface area contributed by atoms with Gasteiger partial charge in [0.15, 0.2) is 16.3 Å². The number of carbonyl (C=O) groups excluding carboxylic acids is 1. The molecule has 2 aliphatic rings. The Morgan fingerprint density at radius 1 is 1.05 bits per heavy atom. The summed E-state index contributed by atoms with van der Waals surface area (Å²) in [6, 6.07) is 19.5. The molecule has 1 aliphatic heterocycles. The van der Waals surface area contributed by atoms with Gasteiger partial charge in [0.05, 0.1) is 34.1 Å². The van der Waals surface area contributed by atoms with Crippen molar-refractivity contribution in [2.24, 2.45) is 4.99 Å². The highest BCUT2D eigenvalue weighted by Crippen LogP contribution is 2.43. The van der Waals surface area contributed by atoms with Gasteiger partial charge in [-0.25, -0.2) is 4.99 Å². The minimum Gasteiger partial charge on any atom is -0.496 e. The maximum Gasteiger partial charge on any atom is 0.308 e. The highest BCUT2D eigenvalue weighted by atomic mass is 127. The second-order valence-electron chi connectivity index (χ2n) is 9.48. The number of aromatic nitrogens is 1. The Bertz CT molecular complexity index is 1890. The van der Waals surface area contributed by atoms with Crippen LogP contribution in [0.3, 0.4) is 0 Å². The number of ether oxygens (including phenoxy) is 3. The van der Waals surface area contributed by atoms with Crippen LogP contribution in [0.25, 0.3) is 11.8 Å². The van der Waals surface area contributed by atoms with Crippen molar-refractivity contribution in [2.75, 3.05) is 14.2 Å². The minimum atomic E-state index is -0.431. The molecule has 1 aliphatic carbocycles. The number of benzene rings is 3. The third-order valence-electron chi connectivity index (χ3n) is 7.10. The first-order valence-corrected chi connectivity index (χ1v) is 14.6. The SMILES string of the molecule is COc1ccccc1[C@@H]1C2=C(N=c3s/c(=C/c4cc(I)c(OC(C)=O)c(OC)c4)c(=O)n31)c1ccccc1CC2. The number of rotatable bonds is 5. The Balaban J connectivity index is 1.58. The van der Waals surface area contributed by atoms with Gasteiger partial charge in [-0.1, -0.05) is 53.8 Å². The zero-order valence-electron chi connectivity index (χ0n) is 22.1. The second-order valence-corrected chi connectivity index (χ2v) is 11.7. The van der Waals surface area contributed by atoms with Gasteiger partial charge < -0.3 is 14.2 Å². The summed E-state index contributed by atoms with van der Waals surface area (Å²) in [5, 5.41) is 0. The summed E-state index contributed by atoms with van der Waals surface area (Å²) >= 11 is 3.46. The van der Waals surface area contributed by atoms with E-state index in [0.29, 0.717) is 24.4 Å². The molecule has 2 heterocycles. The Kier molecular flexibility index (Phi) is 7.09. The first-order valence-electron chi connectivity index (χ1n) is 12.7. The molecule has 0 unspecified atom stereocenters. The summed E-state index contributed by atoms with van der Waals surface area (Å²) in [6.07, 6.45) is 3.52. The molecule has 0 bridgehead atoms. The number of methoxy groups -OCH3 is 2. The fourth-order valence-corrected chi connectivity index (χ4v) is 7.14. The van der Waals surface area contributed by atoms with Gasteiger partial charge in [-0.3, -0.25) is 14.2 Å². The first-order chi connectivity index (χ1) is 19.4. The van der Waals surface area contributed by atoms with Crippen LogP contribution in [0.4, 0.5) is 0 Å². The van der Waals surface area contributed by atoms with Gasteiger partial charge in [-0.15, -0.1) is 0 Å².